The SMILES string of the molecule is CCNc1nnc(-c2ccc3c(c2)OCO3)s1. The second-order valence-electron chi connectivity index (χ2n) is 3.51. The van der Waals surface area contributed by atoms with Gasteiger partial charge in [0.2, 0.25) is 11.9 Å². The Bertz CT molecular complexity index is 541. The van der Waals surface area contributed by atoms with Crippen LogP contribution in [0.3, 0.4) is 0 Å². The predicted molar refractivity (Wildman–Crippen MR) is 65.6 cm³/mol. The van der Waals surface area contributed by atoms with Gasteiger partial charge in [0.1, 0.15) is 5.01 Å². The van der Waals surface area contributed by atoms with Crippen molar-refractivity contribution in [3.05, 3.63) is 18.2 Å². The van der Waals surface area contributed by atoms with Crippen molar-refractivity contribution in [3.63, 3.8) is 0 Å². The summed E-state index contributed by atoms with van der Waals surface area (Å²) in [4.78, 5) is 0. The summed E-state index contributed by atoms with van der Waals surface area (Å²) >= 11 is 1.53. The van der Waals surface area contributed by atoms with Crippen molar-refractivity contribution in [2.75, 3.05) is 18.7 Å². The maximum Gasteiger partial charge on any atom is 0.231 e. The second kappa shape index (κ2) is 4.21. The minimum absolute atomic E-state index is 0.289. The summed E-state index contributed by atoms with van der Waals surface area (Å²) in [5.74, 6) is 1.55. The molecule has 0 amide bonds. The number of hydrogen-bond acceptors (Lipinski definition) is 6. The number of benzene rings is 1. The summed E-state index contributed by atoms with van der Waals surface area (Å²) < 4.78 is 10.6. The third-order valence-electron chi connectivity index (χ3n) is 2.37. The molecule has 88 valence electrons. The molecule has 6 heteroatoms. The molecule has 5 nitrogen and oxygen atoms in total. The molecule has 17 heavy (non-hydrogen) atoms. The zero-order valence-corrected chi connectivity index (χ0v) is 10.1. The Morgan fingerprint density at radius 1 is 1.29 bits per heavy atom. The lowest BCUT2D eigenvalue weighted by Crippen LogP contribution is -1.94. The molecule has 0 aliphatic carbocycles. The van der Waals surface area contributed by atoms with Crippen LogP contribution < -0.4 is 14.8 Å². The lowest BCUT2D eigenvalue weighted by molar-refractivity contribution is 0.174. The van der Waals surface area contributed by atoms with Crippen LogP contribution in [-0.2, 0) is 0 Å². The molecule has 1 aliphatic heterocycles. The summed E-state index contributed by atoms with van der Waals surface area (Å²) in [5.41, 5.74) is 0.996. The van der Waals surface area contributed by atoms with Crippen molar-refractivity contribution in [3.8, 4) is 22.1 Å². The van der Waals surface area contributed by atoms with E-state index in [4.69, 9.17) is 9.47 Å². The Kier molecular flexibility index (Phi) is 2.56. The number of aromatic nitrogens is 2. The van der Waals surface area contributed by atoms with Crippen LogP contribution in [0.2, 0.25) is 0 Å². The molecule has 2 aromatic rings. The van der Waals surface area contributed by atoms with Crippen LogP contribution in [0.15, 0.2) is 18.2 Å². The Balaban J connectivity index is 1.92. The number of anilines is 1. The van der Waals surface area contributed by atoms with E-state index >= 15 is 0 Å². The van der Waals surface area contributed by atoms with Crippen LogP contribution in [0, 0.1) is 0 Å². The summed E-state index contributed by atoms with van der Waals surface area (Å²) in [5, 5.41) is 13.0. The van der Waals surface area contributed by atoms with Gasteiger partial charge in [-0.1, -0.05) is 11.3 Å². The quantitative estimate of drug-likeness (QED) is 0.905. The average Bonchev–Trinajstić information content (AvgIpc) is 2.96. The number of rotatable bonds is 3. The Hall–Kier alpha value is -1.82. The molecule has 2 heterocycles. The van der Waals surface area contributed by atoms with E-state index in [2.05, 4.69) is 15.5 Å². The number of ether oxygens (including phenoxy) is 2. The fourth-order valence-electron chi connectivity index (χ4n) is 1.59. The average molecular weight is 249 g/mol. The molecular formula is C11H11N3O2S. The third kappa shape index (κ3) is 1.91. The number of fused-ring (bicyclic) bond motifs is 1. The van der Waals surface area contributed by atoms with Gasteiger partial charge in [-0.25, -0.2) is 0 Å². The normalized spacial score (nSPS) is 12.8. The lowest BCUT2D eigenvalue weighted by atomic mass is 10.2. The zero-order valence-electron chi connectivity index (χ0n) is 9.27. The maximum atomic E-state index is 5.33. The fourth-order valence-corrected chi connectivity index (χ4v) is 2.40. The molecular weight excluding hydrogens is 238 g/mol. The van der Waals surface area contributed by atoms with E-state index in [-0.39, 0.29) is 6.79 Å². The Labute approximate surface area is 102 Å². The van der Waals surface area contributed by atoms with Gasteiger partial charge in [0.05, 0.1) is 0 Å². The molecule has 0 unspecified atom stereocenters. The standard InChI is InChI=1S/C11H11N3O2S/c1-2-12-11-14-13-10(17-11)7-3-4-8-9(5-7)16-6-15-8/h3-5H,2,6H2,1H3,(H,12,14). The van der Waals surface area contributed by atoms with Crippen LogP contribution >= 0.6 is 11.3 Å². The molecule has 0 saturated heterocycles. The van der Waals surface area contributed by atoms with Gasteiger partial charge >= 0.3 is 0 Å². The Morgan fingerprint density at radius 2 is 2.18 bits per heavy atom. The van der Waals surface area contributed by atoms with Crippen molar-refractivity contribution in [1.29, 1.82) is 0 Å². The molecule has 0 fully saturated rings. The van der Waals surface area contributed by atoms with Crippen molar-refractivity contribution in [2.45, 2.75) is 6.92 Å². The largest absolute Gasteiger partial charge is 0.454 e. The van der Waals surface area contributed by atoms with E-state index in [1.807, 2.05) is 25.1 Å². The van der Waals surface area contributed by atoms with Crippen molar-refractivity contribution < 1.29 is 9.47 Å². The van der Waals surface area contributed by atoms with Gasteiger partial charge in [-0.2, -0.15) is 0 Å². The molecule has 0 atom stereocenters. The molecule has 0 saturated carbocycles. The predicted octanol–water partition coefficient (Wildman–Crippen LogP) is 2.37. The molecule has 1 aliphatic rings. The molecule has 1 aromatic carbocycles. The minimum atomic E-state index is 0.289. The fraction of sp³-hybridized carbons (Fsp3) is 0.273. The summed E-state index contributed by atoms with van der Waals surface area (Å²) in [6, 6.07) is 5.79. The van der Waals surface area contributed by atoms with Crippen LogP contribution in [-0.4, -0.2) is 23.5 Å². The molecule has 0 bridgehead atoms. The van der Waals surface area contributed by atoms with E-state index in [1.54, 1.807) is 0 Å². The molecule has 1 N–H and O–H groups in total. The van der Waals surface area contributed by atoms with E-state index in [9.17, 15) is 0 Å². The van der Waals surface area contributed by atoms with Crippen LogP contribution in [0.25, 0.3) is 10.6 Å². The van der Waals surface area contributed by atoms with Gasteiger partial charge in [0.15, 0.2) is 11.5 Å². The third-order valence-corrected chi connectivity index (χ3v) is 3.30. The van der Waals surface area contributed by atoms with E-state index < -0.39 is 0 Å². The number of nitrogens with zero attached hydrogens (tertiary/aromatic N) is 2. The highest BCUT2D eigenvalue weighted by atomic mass is 32.1. The summed E-state index contributed by atoms with van der Waals surface area (Å²) in [6.07, 6.45) is 0. The van der Waals surface area contributed by atoms with Gasteiger partial charge in [0, 0.05) is 12.1 Å². The van der Waals surface area contributed by atoms with Crippen molar-refractivity contribution in [2.24, 2.45) is 0 Å². The highest BCUT2D eigenvalue weighted by Crippen LogP contribution is 2.37. The smallest absolute Gasteiger partial charge is 0.231 e. The van der Waals surface area contributed by atoms with Crippen LogP contribution in [0.1, 0.15) is 6.92 Å². The first kappa shape index (κ1) is 10.3. The summed E-state index contributed by atoms with van der Waals surface area (Å²) in [7, 11) is 0. The monoisotopic (exact) mass is 249 g/mol. The highest BCUT2D eigenvalue weighted by molar-refractivity contribution is 7.18. The first-order valence-electron chi connectivity index (χ1n) is 5.34. The van der Waals surface area contributed by atoms with Crippen molar-refractivity contribution >= 4 is 16.5 Å². The summed E-state index contributed by atoms with van der Waals surface area (Å²) in [6.45, 7) is 3.16. The highest BCUT2D eigenvalue weighted by Gasteiger charge is 2.15. The molecule has 0 radical (unpaired) electrons. The van der Waals surface area contributed by atoms with Crippen LogP contribution in [0.5, 0.6) is 11.5 Å². The van der Waals surface area contributed by atoms with E-state index in [0.717, 1.165) is 33.7 Å². The topological polar surface area (TPSA) is 56.3 Å². The first-order valence-corrected chi connectivity index (χ1v) is 6.16. The molecule has 3 rings (SSSR count). The number of nitrogens with one attached hydrogen (secondary N) is 1. The van der Waals surface area contributed by atoms with Gasteiger partial charge in [-0.05, 0) is 25.1 Å². The first-order chi connectivity index (χ1) is 8.36. The lowest BCUT2D eigenvalue weighted by Gasteiger charge is -1.98. The van der Waals surface area contributed by atoms with Gasteiger partial charge in [-0.15, -0.1) is 10.2 Å². The molecule has 0 spiro atoms. The van der Waals surface area contributed by atoms with E-state index in [1.165, 1.54) is 11.3 Å². The van der Waals surface area contributed by atoms with Gasteiger partial charge < -0.3 is 14.8 Å². The van der Waals surface area contributed by atoms with E-state index in [0.29, 0.717) is 0 Å². The second-order valence-corrected chi connectivity index (χ2v) is 4.49. The zero-order chi connectivity index (χ0) is 11.7. The minimum Gasteiger partial charge on any atom is -0.454 e. The van der Waals surface area contributed by atoms with Gasteiger partial charge in [-0.3, -0.25) is 0 Å². The van der Waals surface area contributed by atoms with Crippen molar-refractivity contribution in [1.82, 2.24) is 10.2 Å². The molecule has 1 aromatic heterocycles. The number of hydrogen-bond donors (Lipinski definition) is 1. The van der Waals surface area contributed by atoms with Crippen LogP contribution in [0.4, 0.5) is 5.13 Å². The maximum absolute atomic E-state index is 5.33. The Morgan fingerprint density at radius 3 is 3.06 bits per heavy atom. The van der Waals surface area contributed by atoms with Gasteiger partial charge in [0.25, 0.3) is 0 Å².